The molecule has 0 aromatic rings. The lowest BCUT2D eigenvalue weighted by Crippen LogP contribution is -2.51. The number of halogens is 3. The van der Waals surface area contributed by atoms with Crippen molar-refractivity contribution in [2.75, 3.05) is 0 Å². The number of hydrogen-bond donors (Lipinski definition) is 0. The highest BCUT2D eigenvalue weighted by Gasteiger charge is 2.58. The van der Waals surface area contributed by atoms with Gasteiger partial charge in [-0.2, -0.15) is 0 Å². The number of hydrogen-bond acceptors (Lipinski definition) is 0. The van der Waals surface area contributed by atoms with Crippen LogP contribution in [0.1, 0.15) is 27.2 Å². The Balaban J connectivity index is 5.18. The maximum atomic E-state index is 14.0. The van der Waals surface area contributed by atoms with Gasteiger partial charge in [0.05, 0.1) is 0 Å². The molecule has 0 saturated carbocycles. The summed E-state index contributed by atoms with van der Waals surface area (Å²) in [6, 6.07) is 0. The standard InChI is InChI=1S/C9H17F3P2/c1-5-6(2)8(11,13)9(12,14)7(3,4)10/h2,5,13-14H2,1,3-4H3. The van der Waals surface area contributed by atoms with Gasteiger partial charge in [-0.3, -0.25) is 0 Å². The average molecular weight is 244 g/mol. The van der Waals surface area contributed by atoms with Crippen LogP contribution in [0.15, 0.2) is 12.2 Å². The first-order chi connectivity index (χ1) is 5.98. The van der Waals surface area contributed by atoms with Crippen molar-refractivity contribution < 1.29 is 13.2 Å². The van der Waals surface area contributed by atoms with Gasteiger partial charge in [0.2, 0.25) is 0 Å². The number of allylic oxidation sites excluding steroid dienone is 1. The van der Waals surface area contributed by atoms with Gasteiger partial charge < -0.3 is 0 Å². The molecule has 4 atom stereocenters. The Morgan fingerprint density at radius 1 is 1.21 bits per heavy atom. The topological polar surface area (TPSA) is 0 Å². The molecule has 5 heteroatoms. The molecule has 0 aliphatic rings. The third kappa shape index (κ3) is 2.31. The molecule has 0 radical (unpaired) electrons. The molecule has 0 aliphatic heterocycles. The molecule has 0 aliphatic carbocycles. The van der Waals surface area contributed by atoms with Crippen molar-refractivity contribution in [1.29, 1.82) is 0 Å². The maximum Gasteiger partial charge on any atom is 0.197 e. The van der Waals surface area contributed by atoms with E-state index in [0.29, 0.717) is 0 Å². The fourth-order valence-electron chi connectivity index (χ4n) is 0.947. The summed E-state index contributed by atoms with van der Waals surface area (Å²) < 4.78 is 41.4. The van der Waals surface area contributed by atoms with Crippen molar-refractivity contribution in [2.45, 2.75) is 43.7 Å². The van der Waals surface area contributed by atoms with Crippen molar-refractivity contribution in [3.8, 4) is 0 Å². The molecule has 0 rings (SSSR count). The van der Waals surface area contributed by atoms with E-state index in [9.17, 15) is 13.2 Å². The lowest BCUT2D eigenvalue weighted by molar-refractivity contribution is -0.00581. The second kappa shape index (κ2) is 4.10. The summed E-state index contributed by atoms with van der Waals surface area (Å²) in [4.78, 5) is 0. The SMILES string of the molecule is C=C(CC)C(F)(P)C(F)(P)C(C)(C)F. The Bertz CT molecular complexity index is 229. The monoisotopic (exact) mass is 244 g/mol. The zero-order valence-electron chi connectivity index (χ0n) is 8.70. The predicted molar refractivity (Wildman–Crippen MR) is 61.7 cm³/mol. The van der Waals surface area contributed by atoms with Gasteiger partial charge in [-0.1, -0.05) is 32.0 Å². The summed E-state index contributed by atoms with van der Waals surface area (Å²) >= 11 is 0. The molecule has 0 N–H and O–H groups in total. The molecule has 0 aromatic carbocycles. The molecule has 0 saturated heterocycles. The molecule has 4 unspecified atom stereocenters. The molecule has 0 nitrogen and oxygen atoms in total. The summed E-state index contributed by atoms with van der Waals surface area (Å²) in [5, 5.41) is -5.16. The highest BCUT2D eigenvalue weighted by molar-refractivity contribution is 7.25. The molecular weight excluding hydrogens is 227 g/mol. The van der Waals surface area contributed by atoms with Gasteiger partial charge in [0.1, 0.15) is 5.67 Å². The van der Waals surface area contributed by atoms with Crippen molar-refractivity contribution in [3.05, 3.63) is 12.2 Å². The lowest BCUT2D eigenvalue weighted by atomic mass is 9.94. The number of alkyl halides is 3. The molecule has 14 heavy (non-hydrogen) atoms. The largest absolute Gasteiger partial charge is 0.240 e. The van der Waals surface area contributed by atoms with E-state index in [1.807, 2.05) is 0 Å². The lowest BCUT2D eigenvalue weighted by Gasteiger charge is -2.41. The van der Waals surface area contributed by atoms with Crippen LogP contribution in [0.25, 0.3) is 0 Å². The Kier molecular flexibility index (Phi) is 4.21. The van der Waals surface area contributed by atoms with Gasteiger partial charge in [-0.15, -0.1) is 0 Å². The fraction of sp³-hybridized carbons (Fsp3) is 0.778. The van der Waals surface area contributed by atoms with E-state index in [1.165, 1.54) is 0 Å². The molecule has 0 fully saturated rings. The summed E-state index contributed by atoms with van der Waals surface area (Å²) in [6.45, 7) is 7.06. The van der Waals surface area contributed by atoms with E-state index in [1.54, 1.807) is 25.4 Å². The smallest absolute Gasteiger partial charge is 0.197 e. The predicted octanol–water partition coefficient (Wildman–Crippen LogP) is 3.78. The minimum atomic E-state index is -2.70. The summed E-state index contributed by atoms with van der Waals surface area (Å²) in [5.41, 5.74) is -2.28. The molecule has 0 amide bonds. The van der Waals surface area contributed by atoms with Gasteiger partial charge >= 0.3 is 0 Å². The van der Waals surface area contributed by atoms with E-state index >= 15 is 0 Å². The van der Waals surface area contributed by atoms with Crippen molar-refractivity contribution >= 4 is 18.5 Å². The van der Waals surface area contributed by atoms with Crippen LogP contribution >= 0.6 is 18.5 Å². The molecule has 0 aromatic heterocycles. The van der Waals surface area contributed by atoms with Crippen molar-refractivity contribution in [2.24, 2.45) is 0 Å². The van der Waals surface area contributed by atoms with E-state index in [4.69, 9.17) is 0 Å². The van der Waals surface area contributed by atoms with Gasteiger partial charge in [-0.25, -0.2) is 13.2 Å². The molecule has 0 bridgehead atoms. The van der Waals surface area contributed by atoms with E-state index in [0.717, 1.165) is 13.8 Å². The minimum absolute atomic E-state index is 0.0192. The van der Waals surface area contributed by atoms with Crippen LogP contribution in [-0.2, 0) is 0 Å². The van der Waals surface area contributed by atoms with E-state index in [-0.39, 0.29) is 12.0 Å². The zero-order chi connectivity index (χ0) is 11.8. The van der Waals surface area contributed by atoms with Gasteiger partial charge in [0, 0.05) is 0 Å². The first kappa shape index (κ1) is 14.4. The first-order valence-corrected chi connectivity index (χ1v) is 5.46. The van der Waals surface area contributed by atoms with Crippen LogP contribution in [0.4, 0.5) is 13.2 Å². The number of rotatable bonds is 4. The van der Waals surface area contributed by atoms with E-state index < -0.39 is 16.5 Å². The molecule has 0 spiro atoms. The van der Waals surface area contributed by atoms with Crippen LogP contribution in [0.5, 0.6) is 0 Å². The molecular formula is C9H17F3P2. The van der Waals surface area contributed by atoms with Gasteiger partial charge in [-0.05, 0) is 25.8 Å². The van der Waals surface area contributed by atoms with Crippen LogP contribution in [0, 0.1) is 0 Å². The summed E-state index contributed by atoms with van der Waals surface area (Å²) in [5.74, 6) is 0. The van der Waals surface area contributed by atoms with Crippen LogP contribution in [0.3, 0.4) is 0 Å². The highest BCUT2D eigenvalue weighted by atomic mass is 31.0. The summed E-state index contributed by atoms with van der Waals surface area (Å²) in [6.07, 6.45) is 0.260. The quantitative estimate of drug-likeness (QED) is 0.521. The Morgan fingerprint density at radius 2 is 1.57 bits per heavy atom. The third-order valence-electron chi connectivity index (χ3n) is 2.34. The second-order valence-electron chi connectivity index (χ2n) is 3.85. The Labute approximate surface area is 88.1 Å². The Hall–Kier alpha value is 0.390. The average Bonchev–Trinajstić information content (AvgIpc) is 2.00. The minimum Gasteiger partial charge on any atom is -0.240 e. The fourth-order valence-corrected chi connectivity index (χ4v) is 1.70. The molecule has 84 valence electrons. The van der Waals surface area contributed by atoms with Crippen LogP contribution in [-0.4, -0.2) is 16.5 Å². The van der Waals surface area contributed by atoms with Gasteiger partial charge in [0.15, 0.2) is 10.8 Å². The van der Waals surface area contributed by atoms with Crippen LogP contribution in [0.2, 0.25) is 0 Å². The van der Waals surface area contributed by atoms with Crippen molar-refractivity contribution in [3.63, 3.8) is 0 Å². The van der Waals surface area contributed by atoms with E-state index in [2.05, 4.69) is 6.58 Å². The zero-order valence-corrected chi connectivity index (χ0v) is 11.0. The third-order valence-corrected chi connectivity index (χ3v) is 4.60. The first-order valence-electron chi connectivity index (χ1n) is 4.31. The normalized spacial score (nSPS) is 21.1. The van der Waals surface area contributed by atoms with Gasteiger partial charge in [0.25, 0.3) is 0 Å². The molecule has 0 heterocycles. The summed E-state index contributed by atoms with van der Waals surface area (Å²) in [7, 11) is 3.31. The second-order valence-corrected chi connectivity index (χ2v) is 5.44. The van der Waals surface area contributed by atoms with Crippen LogP contribution < -0.4 is 0 Å². The Morgan fingerprint density at radius 3 is 1.79 bits per heavy atom. The highest BCUT2D eigenvalue weighted by Crippen LogP contribution is 2.53. The van der Waals surface area contributed by atoms with Crippen molar-refractivity contribution in [1.82, 2.24) is 0 Å². The maximum absolute atomic E-state index is 14.0.